The molecule has 2 N–H and O–H groups in total. The van der Waals surface area contributed by atoms with Crippen molar-refractivity contribution in [2.24, 2.45) is 0 Å². The molecule has 3 rings (SSSR count). The Hall–Kier alpha value is -3.28. The first-order valence-corrected chi connectivity index (χ1v) is 7.77. The lowest BCUT2D eigenvalue weighted by molar-refractivity contribution is -0.147. The van der Waals surface area contributed by atoms with Crippen molar-refractivity contribution >= 4 is 22.8 Å². The summed E-state index contributed by atoms with van der Waals surface area (Å²) in [6.07, 6.45) is 1.44. The van der Waals surface area contributed by atoms with Gasteiger partial charge in [-0.15, -0.1) is 0 Å². The van der Waals surface area contributed by atoms with Gasteiger partial charge in [-0.05, 0) is 17.7 Å². The molecule has 0 unspecified atom stereocenters. The third-order valence-corrected chi connectivity index (χ3v) is 3.67. The summed E-state index contributed by atoms with van der Waals surface area (Å²) < 4.78 is 10.3. The number of aromatic hydroxyl groups is 1. The lowest BCUT2D eigenvalue weighted by Crippen LogP contribution is -2.28. The predicted octanol–water partition coefficient (Wildman–Crippen LogP) is 2.54. The summed E-state index contributed by atoms with van der Waals surface area (Å²) in [5.41, 5.74) is 2.10. The van der Waals surface area contributed by atoms with Crippen molar-refractivity contribution in [1.29, 1.82) is 0 Å². The van der Waals surface area contributed by atoms with Gasteiger partial charge in [-0.1, -0.05) is 30.3 Å². The first-order valence-electron chi connectivity index (χ1n) is 7.77. The van der Waals surface area contributed by atoms with Crippen molar-refractivity contribution in [3.05, 3.63) is 65.9 Å². The highest BCUT2D eigenvalue weighted by molar-refractivity contribution is 5.87. The molecule has 0 aliphatic rings. The average Bonchev–Trinajstić information content (AvgIpc) is 3.01. The number of hydrogen-bond donors (Lipinski definition) is 2. The number of phenols is 1. The maximum Gasteiger partial charge on any atom is 0.310 e. The van der Waals surface area contributed by atoms with E-state index in [1.165, 1.54) is 18.4 Å². The molecule has 128 valence electrons. The number of benzene rings is 2. The number of fused-ring (bicyclic) bond motifs is 1. The number of hydrogen-bond acceptors (Lipinski definition) is 5. The van der Waals surface area contributed by atoms with Crippen molar-refractivity contribution in [1.82, 2.24) is 5.32 Å². The number of rotatable bonds is 6. The van der Waals surface area contributed by atoms with Crippen molar-refractivity contribution in [3.8, 4) is 5.75 Å². The zero-order valence-corrected chi connectivity index (χ0v) is 13.4. The van der Waals surface area contributed by atoms with Crippen LogP contribution >= 0.6 is 0 Å². The Bertz CT molecular complexity index is 885. The van der Waals surface area contributed by atoms with Gasteiger partial charge < -0.3 is 19.6 Å². The Kier molecular flexibility index (Phi) is 4.99. The zero-order chi connectivity index (χ0) is 17.6. The van der Waals surface area contributed by atoms with E-state index in [4.69, 9.17) is 9.15 Å². The van der Waals surface area contributed by atoms with E-state index in [1.54, 1.807) is 6.07 Å². The highest BCUT2D eigenvalue weighted by atomic mass is 16.5. The summed E-state index contributed by atoms with van der Waals surface area (Å²) in [7, 11) is 0. The van der Waals surface area contributed by atoms with E-state index < -0.39 is 5.97 Å². The Morgan fingerprint density at radius 2 is 1.92 bits per heavy atom. The van der Waals surface area contributed by atoms with E-state index in [0.717, 1.165) is 10.9 Å². The highest BCUT2D eigenvalue weighted by Gasteiger charge is 2.13. The molecule has 1 heterocycles. The SMILES string of the molecule is O=C(COC(=O)Cc1coc2cc(O)ccc12)NCc1ccccc1. The number of nitrogens with one attached hydrogen (secondary N) is 1. The lowest BCUT2D eigenvalue weighted by atomic mass is 10.1. The van der Waals surface area contributed by atoms with Gasteiger partial charge in [-0.25, -0.2) is 0 Å². The summed E-state index contributed by atoms with van der Waals surface area (Å²) in [6, 6.07) is 14.1. The molecule has 0 radical (unpaired) electrons. The molecule has 25 heavy (non-hydrogen) atoms. The topological polar surface area (TPSA) is 88.8 Å². The lowest BCUT2D eigenvalue weighted by Gasteiger charge is -2.06. The minimum absolute atomic E-state index is 0.0102. The summed E-state index contributed by atoms with van der Waals surface area (Å²) in [6.45, 7) is 0.0509. The number of esters is 1. The van der Waals surface area contributed by atoms with Gasteiger partial charge >= 0.3 is 5.97 Å². The van der Waals surface area contributed by atoms with Gasteiger partial charge in [0, 0.05) is 23.6 Å². The molecular weight excluding hydrogens is 322 g/mol. The summed E-state index contributed by atoms with van der Waals surface area (Å²) in [5, 5.41) is 12.8. The largest absolute Gasteiger partial charge is 0.508 e. The van der Waals surface area contributed by atoms with Crippen LogP contribution in [0.4, 0.5) is 0 Å². The van der Waals surface area contributed by atoms with Crippen LogP contribution in [0, 0.1) is 0 Å². The Balaban J connectivity index is 1.48. The first-order chi connectivity index (χ1) is 12.1. The van der Waals surface area contributed by atoms with Crippen LogP contribution in [0.15, 0.2) is 59.2 Å². The molecule has 6 nitrogen and oxygen atoms in total. The quantitative estimate of drug-likeness (QED) is 0.674. The van der Waals surface area contributed by atoms with Crippen LogP contribution in [-0.2, 0) is 27.3 Å². The third kappa shape index (κ3) is 4.38. The molecule has 0 bridgehead atoms. The van der Waals surface area contributed by atoms with Crippen molar-refractivity contribution in [3.63, 3.8) is 0 Å². The number of carbonyl (C=O) groups is 2. The van der Waals surface area contributed by atoms with Gasteiger partial charge in [-0.2, -0.15) is 0 Å². The third-order valence-electron chi connectivity index (χ3n) is 3.67. The number of ether oxygens (including phenoxy) is 1. The van der Waals surface area contributed by atoms with E-state index in [9.17, 15) is 14.7 Å². The van der Waals surface area contributed by atoms with Crippen molar-refractivity contribution in [2.45, 2.75) is 13.0 Å². The van der Waals surface area contributed by atoms with Crippen molar-refractivity contribution in [2.75, 3.05) is 6.61 Å². The van der Waals surface area contributed by atoms with E-state index in [0.29, 0.717) is 17.7 Å². The number of furan rings is 1. The van der Waals surface area contributed by atoms with Gasteiger partial charge in [0.25, 0.3) is 5.91 Å². The van der Waals surface area contributed by atoms with Gasteiger partial charge in [0.1, 0.15) is 11.3 Å². The van der Waals surface area contributed by atoms with E-state index in [1.807, 2.05) is 30.3 Å². The molecule has 1 amide bonds. The maximum atomic E-state index is 11.9. The highest BCUT2D eigenvalue weighted by Crippen LogP contribution is 2.25. The second kappa shape index (κ2) is 7.53. The number of phenolic OH excluding ortho intramolecular Hbond substituents is 1. The molecule has 0 spiro atoms. The van der Waals surface area contributed by atoms with Gasteiger partial charge in [0.2, 0.25) is 0 Å². The Morgan fingerprint density at radius 3 is 2.72 bits per heavy atom. The van der Waals surface area contributed by atoms with Crippen LogP contribution in [0.1, 0.15) is 11.1 Å². The smallest absolute Gasteiger partial charge is 0.310 e. The fourth-order valence-corrected chi connectivity index (χ4v) is 2.41. The van der Waals surface area contributed by atoms with E-state index in [-0.39, 0.29) is 24.7 Å². The molecular formula is C19H17NO5. The standard InChI is InChI=1S/C19H17NO5/c21-15-6-7-16-14(11-24-17(16)9-15)8-19(23)25-12-18(22)20-10-13-4-2-1-3-5-13/h1-7,9,11,21H,8,10,12H2,(H,20,22). The maximum absolute atomic E-state index is 11.9. The van der Waals surface area contributed by atoms with E-state index in [2.05, 4.69) is 5.32 Å². The molecule has 3 aromatic rings. The molecule has 6 heteroatoms. The Labute approximate surface area is 144 Å². The first kappa shape index (κ1) is 16.6. The molecule has 0 atom stereocenters. The van der Waals surface area contributed by atoms with Gasteiger partial charge in [0.15, 0.2) is 6.61 Å². The zero-order valence-electron chi connectivity index (χ0n) is 13.4. The number of carbonyl (C=O) groups excluding carboxylic acids is 2. The summed E-state index contributed by atoms with van der Waals surface area (Å²) >= 11 is 0. The summed E-state index contributed by atoms with van der Waals surface area (Å²) in [5.74, 6) is -0.795. The Morgan fingerprint density at radius 1 is 1.12 bits per heavy atom. The van der Waals surface area contributed by atoms with E-state index >= 15 is 0 Å². The minimum atomic E-state index is -0.523. The molecule has 0 aliphatic heterocycles. The van der Waals surface area contributed by atoms with Gasteiger partial charge in [-0.3, -0.25) is 9.59 Å². The normalized spacial score (nSPS) is 10.6. The minimum Gasteiger partial charge on any atom is -0.508 e. The molecule has 0 saturated carbocycles. The molecule has 1 aromatic heterocycles. The van der Waals surface area contributed by atoms with Gasteiger partial charge in [0.05, 0.1) is 12.7 Å². The molecule has 0 saturated heterocycles. The summed E-state index contributed by atoms with van der Waals surface area (Å²) in [4.78, 5) is 23.6. The van der Waals surface area contributed by atoms with Crippen molar-refractivity contribution < 1.29 is 23.8 Å². The second-order valence-corrected chi connectivity index (χ2v) is 5.54. The van der Waals surface area contributed by atoms with Crippen LogP contribution in [0.5, 0.6) is 5.75 Å². The fourth-order valence-electron chi connectivity index (χ4n) is 2.41. The van der Waals surface area contributed by atoms with Crippen LogP contribution in [0.25, 0.3) is 11.0 Å². The second-order valence-electron chi connectivity index (χ2n) is 5.54. The number of amides is 1. The predicted molar refractivity (Wildman–Crippen MR) is 90.8 cm³/mol. The van der Waals surface area contributed by atoms with Crippen LogP contribution in [0.3, 0.4) is 0 Å². The van der Waals surface area contributed by atoms with Crippen LogP contribution in [-0.4, -0.2) is 23.6 Å². The monoisotopic (exact) mass is 339 g/mol. The fraction of sp³-hybridized carbons (Fsp3) is 0.158. The van der Waals surface area contributed by atoms with Crippen LogP contribution in [0.2, 0.25) is 0 Å². The molecule has 0 fully saturated rings. The molecule has 0 aliphatic carbocycles. The molecule has 2 aromatic carbocycles. The van der Waals surface area contributed by atoms with Crippen LogP contribution < -0.4 is 5.32 Å². The average molecular weight is 339 g/mol.